The van der Waals surface area contributed by atoms with E-state index >= 15 is 0 Å². The highest BCUT2D eigenvalue weighted by Crippen LogP contribution is 2.35. The van der Waals surface area contributed by atoms with Crippen molar-refractivity contribution in [2.45, 2.75) is 25.1 Å². The summed E-state index contributed by atoms with van der Waals surface area (Å²) in [5, 5.41) is 4.69. The van der Waals surface area contributed by atoms with Gasteiger partial charge in [-0.05, 0) is 61.4 Å². The predicted molar refractivity (Wildman–Crippen MR) is 124 cm³/mol. The van der Waals surface area contributed by atoms with Gasteiger partial charge in [-0.3, -0.25) is 4.79 Å². The van der Waals surface area contributed by atoms with Gasteiger partial charge in [-0.25, -0.2) is 13.5 Å². The number of aromatic nitrogens is 2. The number of ether oxygens (including phenoxy) is 1. The van der Waals surface area contributed by atoms with E-state index < -0.39 is 6.23 Å². The van der Waals surface area contributed by atoms with Crippen molar-refractivity contribution in [3.8, 4) is 16.9 Å². The van der Waals surface area contributed by atoms with Crippen LogP contribution < -0.4 is 5.73 Å². The van der Waals surface area contributed by atoms with E-state index in [1.54, 1.807) is 40.0 Å². The zero-order chi connectivity index (χ0) is 23.7. The molecule has 34 heavy (non-hydrogen) atoms. The van der Waals surface area contributed by atoms with Crippen LogP contribution in [0.2, 0.25) is 0 Å². The second kappa shape index (κ2) is 9.32. The molecule has 1 aliphatic heterocycles. The molecule has 0 spiro atoms. The smallest absolute Gasteiger partial charge is 0.250 e. The molecule has 2 unspecified atom stereocenters. The van der Waals surface area contributed by atoms with Gasteiger partial charge in [0.25, 0.3) is 5.91 Å². The molecule has 0 radical (unpaired) electrons. The third kappa shape index (κ3) is 4.55. The normalized spacial score (nSPS) is 20.1. The first-order valence-corrected chi connectivity index (χ1v) is 11.1. The van der Waals surface area contributed by atoms with Crippen LogP contribution in [0.5, 0.6) is 0 Å². The highest BCUT2D eigenvalue weighted by atomic mass is 19.1. The van der Waals surface area contributed by atoms with E-state index in [2.05, 4.69) is 11.2 Å². The second-order valence-corrected chi connectivity index (χ2v) is 8.40. The van der Waals surface area contributed by atoms with E-state index in [1.807, 2.05) is 12.2 Å². The Morgan fingerprint density at radius 3 is 2.44 bits per heavy atom. The quantitative estimate of drug-likeness (QED) is 0.594. The van der Waals surface area contributed by atoms with Crippen LogP contribution in [0.25, 0.3) is 16.9 Å². The Bertz CT molecular complexity index is 1250. The van der Waals surface area contributed by atoms with Crippen LogP contribution in [0.1, 0.15) is 24.6 Å². The molecular formula is C26H24F2N4O2. The lowest BCUT2D eigenvalue weighted by Gasteiger charge is -2.24. The summed E-state index contributed by atoms with van der Waals surface area (Å²) >= 11 is 0. The van der Waals surface area contributed by atoms with Crippen molar-refractivity contribution >= 4 is 5.91 Å². The van der Waals surface area contributed by atoms with E-state index in [-0.39, 0.29) is 30.2 Å². The topological polar surface area (TPSA) is 73.4 Å². The lowest BCUT2D eigenvalue weighted by molar-refractivity contribution is -0.128. The molecular weight excluding hydrogens is 438 g/mol. The van der Waals surface area contributed by atoms with Gasteiger partial charge in [-0.2, -0.15) is 5.10 Å². The molecule has 2 aromatic carbocycles. The van der Waals surface area contributed by atoms with Crippen LogP contribution >= 0.6 is 0 Å². The monoisotopic (exact) mass is 462 g/mol. The van der Waals surface area contributed by atoms with Crippen LogP contribution in [0.3, 0.4) is 0 Å². The van der Waals surface area contributed by atoms with Gasteiger partial charge in [0.15, 0.2) is 6.23 Å². The number of nitrogens with zero attached hydrogens (tertiary/aromatic N) is 3. The fraction of sp³-hybridized carbons (Fsp3) is 0.231. The molecule has 2 N–H and O–H groups in total. The number of hydrogen-bond donors (Lipinski definition) is 1. The summed E-state index contributed by atoms with van der Waals surface area (Å²) in [6, 6.07) is 12.0. The van der Waals surface area contributed by atoms with Gasteiger partial charge in [0.2, 0.25) is 0 Å². The first-order valence-electron chi connectivity index (χ1n) is 11.1. The second-order valence-electron chi connectivity index (χ2n) is 8.40. The molecule has 5 rings (SSSR count). The number of rotatable bonds is 6. The molecule has 2 atom stereocenters. The number of carbonyl (C=O) groups is 1. The molecule has 2 aliphatic rings. The largest absolute Gasteiger partial charge is 0.344 e. The van der Waals surface area contributed by atoms with E-state index in [4.69, 9.17) is 10.5 Å². The highest BCUT2D eigenvalue weighted by molar-refractivity contribution is 5.80. The highest BCUT2D eigenvalue weighted by Gasteiger charge is 2.36. The number of carbonyl (C=O) groups excluding carboxylic acids is 1. The van der Waals surface area contributed by atoms with Crippen LogP contribution in [0.15, 0.2) is 78.5 Å². The predicted octanol–water partition coefficient (Wildman–Crippen LogP) is 4.28. The van der Waals surface area contributed by atoms with Crippen LogP contribution in [0, 0.1) is 11.6 Å². The average Bonchev–Trinajstić information content (AvgIpc) is 3.43. The van der Waals surface area contributed by atoms with Crippen LogP contribution in [0.4, 0.5) is 8.78 Å². The molecule has 1 aromatic heterocycles. The maximum atomic E-state index is 13.6. The SMILES string of the molecule is NC1C=CC(CCN2C(=O)COC2c2cn(-c3ccc(F)cc3)nc2-c2ccc(F)cc2)=CC1. The van der Waals surface area contributed by atoms with E-state index in [1.165, 1.54) is 24.3 Å². The van der Waals surface area contributed by atoms with E-state index in [0.29, 0.717) is 35.5 Å². The van der Waals surface area contributed by atoms with Crippen LogP contribution in [-0.2, 0) is 9.53 Å². The Balaban J connectivity index is 1.48. The van der Waals surface area contributed by atoms with Crippen molar-refractivity contribution < 1.29 is 18.3 Å². The lowest BCUT2D eigenvalue weighted by Crippen LogP contribution is -2.30. The summed E-state index contributed by atoms with van der Waals surface area (Å²) in [6.07, 6.45) is 8.65. The fourth-order valence-corrected chi connectivity index (χ4v) is 4.20. The molecule has 1 amide bonds. The van der Waals surface area contributed by atoms with Gasteiger partial charge in [0.1, 0.15) is 23.9 Å². The third-order valence-electron chi connectivity index (χ3n) is 6.04. The van der Waals surface area contributed by atoms with Crippen molar-refractivity contribution in [3.63, 3.8) is 0 Å². The summed E-state index contributed by atoms with van der Waals surface area (Å²) in [4.78, 5) is 14.4. The van der Waals surface area contributed by atoms with Crippen molar-refractivity contribution in [1.82, 2.24) is 14.7 Å². The molecule has 1 saturated heterocycles. The Labute approximate surface area is 195 Å². The van der Waals surface area contributed by atoms with Crippen molar-refractivity contribution in [3.05, 3.63) is 95.7 Å². The number of allylic oxidation sites excluding steroid dienone is 1. The number of halogens is 2. The molecule has 0 saturated carbocycles. The molecule has 8 heteroatoms. The molecule has 1 aliphatic carbocycles. The Morgan fingerprint density at radius 1 is 1.06 bits per heavy atom. The Kier molecular flexibility index (Phi) is 6.08. The summed E-state index contributed by atoms with van der Waals surface area (Å²) in [7, 11) is 0. The molecule has 3 aromatic rings. The molecule has 2 heterocycles. The molecule has 0 bridgehead atoms. The molecule has 174 valence electrons. The fourth-order valence-electron chi connectivity index (χ4n) is 4.20. The number of nitrogens with two attached hydrogens (primary N) is 1. The third-order valence-corrected chi connectivity index (χ3v) is 6.04. The zero-order valence-corrected chi connectivity index (χ0v) is 18.4. The Morgan fingerprint density at radius 2 is 1.76 bits per heavy atom. The summed E-state index contributed by atoms with van der Waals surface area (Å²) < 4.78 is 34.5. The van der Waals surface area contributed by atoms with Gasteiger partial charge >= 0.3 is 0 Å². The van der Waals surface area contributed by atoms with Gasteiger partial charge in [0, 0.05) is 29.9 Å². The molecule has 1 fully saturated rings. The number of hydrogen-bond acceptors (Lipinski definition) is 4. The van der Waals surface area contributed by atoms with Gasteiger partial charge < -0.3 is 15.4 Å². The lowest BCUT2D eigenvalue weighted by atomic mass is 10.0. The summed E-state index contributed by atoms with van der Waals surface area (Å²) in [5.41, 5.74) is 9.62. The summed E-state index contributed by atoms with van der Waals surface area (Å²) in [5.74, 6) is -0.815. The maximum absolute atomic E-state index is 13.6. The van der Waals surface area contributed by atoms with Gasteiger partial charge in [-0.15, -0.1) is 0 Å². The minimum Gasteiger partial charge on any atom is -0.344 e. The average molecular weight is 463 g/mol. The standard InChI is InChI=1S/C26H24F2N4O2/c27-19-5-3-18(4-6-19)25-23(15-32(30-25)22-11-7-20(28)8-12-22)26-31(24(33)16-34-26)14-13-17-1-9-21(29)10-2-17/h1-9,11-12,15,21,26H,10,13-14,16,29H2. The maximum Gasteiger partial charge on any atom is 0.250 e. The first-order chi connectivity index (χ1) is 16.5. The van der Waals surface area contributed by atoms with Gasteiger partial charge in [-0.1, -0.05) is 23.8 Å². The summed E-state index contributed by atoms with van der Waals surface area (Å²) in [6.45, 7) is 0.439. The van der Waals surface area contributed by atoms with E-state index in [0.717, 1.165) is 12.0 Å². The van der Waals surface area contributed by atoms with E-state index in [9.17, 15) is 13.6 Å². The van der Waals surface area contributed by atoms with Crippen molar-refractivity contribution in [1.29, 1.82) is 0 Å². The number of benzene rings is 2. The Hall–Kier alpha value is -3.62. The minimum atomic E-state index is -0.642. The van der Waals surface area contributed by atoms with Crippen LogP contribution in [-0.4, -0.2) is 39.8 Å². The van der Waals surface area contributed by atoms with Crippen molar-refractivity contribution in [2.75, 3.05) is 13.2 Å². The minimum absolute atomic E-state index is 0.0313. The zero-order valence-electron chi connectivity index (χ0n) is 18.4. The van der Waals surface area contributed by atoms with Crippen molar-refractivity contribution in [2.24, 2.45) is 5.73 Å². The molecule has 6 nitrogen and oxygen atoms in total. The first kappa shape index (κ1) is 22.2. The number of amides is 1. The van der Waals surface area contributed by atoms with Gasteiger partial charge in [0.05, 0.1) is 5.69 Å².